The lowest BCUT2D eigenvalue weighted by Crippen LogP contribution is -2.15. The summed E-state index contributed by atoms with van der Waals surface area (Å²) in [5, 5.41) is 10.6. The molecule has 0 saturated heterocycles. The summed E-state index contributed by atoms with van der Waals surface area (Å²) >= 11 is 0. The molecule has 7 heteroatoms. The number of aromatic nitrogens is 4. The van der Waals surface area contributed by atoms with Crippen LogP contribution in [0.3, 0.4) is 0 Å². The number of aromatic amines is 1. The predicted molar refractivity (Wildman–Crippen MR) is 61.2 cm³/mol. The van der Waals surface area contributed by atoms with Crippen LogP contribution in [0.15, 0.2) is 24.5 Å². The molecule has 7 nitrogen and oxygen atoms in total. The topological polar surface area (TPSA) is 110 Å². The van der Waals surface area contributed by atoms with Crippen LogP contribution < -0.4 is 11.1 Å². The number of amides is 1. The van der Waals surface area contributed by atoms with Crippen LogP contribution in [0.25, 0.3) is 0 Å². The third kappa shape index (κ3) is 2.57. The molecule has 2 aromatic heterocycles. The summed E-state index contributed by atoms with van der Waals surface area (Å²) in [5.74, 6) is 0.757. The Kier molecular flexibility index (Phi) is 2.99. The summed E-state index contributed by atoms with van der Waals surface area (Å²) in [6.45, 7) is 1.93. The van der Waals surface area contributed by atoms with Crippen molar-refractivity contribution in [3.05, 3.63) is 36.0 Å². The molecular weight excluding hydrogens is 220 g/mol. The maximum absolute atomic E-state index is 10.8. The average molecular weight is 232 g/mol. The zero-order valence-electron chi connectivity index (χ0n) is 9.21. The van der Waals surface area contributed by atoms with Crippen LogP contribution in [0.1, 0.15) is 29.3 Å². The number of hydrogen-bond donors (Lipinski definition) is 3. The molecule has 2 aromatic rings. The first-order valence-electron chi connectivity index (χ1n) is 5.06. The van der Waals surface area contributed by atoms with Crippen molar-refractivity contribution in [1.82, 2.24) is 20.2 Å². The van der Waals surface area contributed by atoms with Crippen molar-refractivity contribution in [2.45, 2.75) is 13.0 Å². The zero-order chi connectivity index (χ0) is 12.3. The Bertz CT molecular complexity index is 492. The molecule has 0 spiro atoms. The van der Waals surface area contributed by atoms with Crippen molar-refractivity contribution in [2.75, 3.05) is 5.32 Å². The molecule has 0 fully saturated rings. The molecule has 0 aliphatic rings. The fourth-order valence-corrected chi connectivity index (χ4v) is 1.35. The van der Waals surface area contributed by atoms with E-state index in [9.17, 15) is 4.79 Å². The van der Waals surface area contributed by atoms with Crippen molar-refractivity contribution in [3.8, 4) is 0 Å². The summed E-state index contributed by atoms with van der Waals surface area (Å²) < 4.78 is 0. The monoisotopic (exact) mass is 232 g/mol. The minimum atomic E-state index is -0.594. The fourth-order valence-electron chi connectivity index (χ4n) is 1.35. The molecule has 0 saturated carbocycles. The van der Waals surface area contributed by atoms with Gasteiger partial charge in [-0.3, -0.25) is 4.79 Å². The van der Waals surface area contributed by atoms with E-state index in [1.807, 2.05) is 6.92 Å². The van der Waals surface area contributed by atoms with Gasteiger partial charge in [-0.05, 0) is 19.1 Å². The Labute approximate surface area is 97.5 Å². The molecule has 2 heterocycles. The summed E-state index contributed by atoms with van der Waals surface area (Å²) in [4.78, 5) is 17.9. The second-order valence-corrected chi connectivity index (χ2v) is 3.51. The van der Waals surface area contributed by atoms with Crippen molar-refractivity contribution < 1.29 is 4.79 Å². The molecule has 4 N–H and O–H groups in total. The van der Waals surface area contributed by atoms with E-state index in [1.54, 1.807) is 18.5 Å². The van der Waals surface area contributed by atoms with Crippen LogP contribution in [-0.2, 0) is 0 Å². The van der Waals surface area contributed by atoms with E-state index in [0.29, 0.717) is 5.82 Å². The maximum Gasteiger partial charge on any atom is 0.269 e. The van der Waals surface area contributed by atoms with Crippen LogP contribution in [0.4, 0.5) is 5.82 Å². The molecule has 0 aliphatic heterocycles. The molecule has 17 heavy (non-hydrogen) atoms. The predicted octanol–water partition coefficient (Wildman–Crippen LogP) is 0.472. The zero-order valence-corrected chi connectivity index (χ0v) is 9.21. The highest BCUT2D eigenvalue weighted by Crippen LogP contribution is 2.13. The Balaban J connectivity index is 2.06. The van der Waals surface area contributed by atoms with E-state index in [1.165, 1.54) is 6.07 Å². The molecule has 0 aliphatic carbocycles. The first-order chi connectivity index (χ1) is 8.16. The largest absolute Gasteiger partial charge is 0.364 e. The summed E-state index contributed by atoms with van der Waals surface area (Å²) in [6, 6.07) is 3.14. The van der Waals surface area contributed by atoms with Crippen molar-refractivity contribution in [2.24, 2.45) is 5.73 Å². The number of nitrogens with one attached hydrogen (secondary N) is 2. The molecule has 0 radical (unpaired) electrons. The van der Waals surface area contributed by atoms with Gasteiger partial charge >= 0.3 is 0 Å². The van der Waals surface area contributed by atoms with Gasteiger partial charge in [-0.2, -0.15) is 0 Å². The number of primary amides is 1. The van der Waals surface area contributed by atoms with Gasteiger partial charge < -0.3 is 16.0 Å². The minimum Gasteiger partial charge on any atom is -0.364 e. The number of imidazole rings is 1. The van der Waals surface area contributed by atoms with Crippen LogP contribution in [0, 0.1) is 0 Å². The second-order valence-electron chi connectivity index (χ2n) is 3.51. The number of nitrogens with two attached hydrogens (primary N) is 1. The quantitative estimate of drug-likeness (QED) is 0.709. The third-order valence-electron chi connectivity index (χ3n) is 2.21. The van der Waals surface area contributed by atoms with E-state index in [2.05, 4.69) is 25.5 Å². The van der Waals surface area contributed by atoms with Crippen molar-refractivity contribution in [1.29, 1.82) is 0 Å². The average Bonchev–Trinajstić information content (AvgIpc) is 2.83. The molecule has 88 valence electrons. The fraction of sp³-hybridized carbons (Fsp3) is 0.200. The molecular formula is C10H12N6O. The van der Waals surface area contributed by atoms with Crippen LogP contribution in [0.2, 0.25) is 0 Å². The number of carbonyl (C=O) groups excluding carboxylic acids is 1. The lowest BCUT2D eigenvalue weighted by molar-refractivity contribution is 0.0994. The number of anilines is 1. The van der Waals surface area contributed by atoms with E-state index in [-0.39, 0.29) is 11.7 Å². The number of nitrogens with zero attached hydrogens (tertiary/aromatic N) is 3. The Hall–Kier alpha value is -2.44. The van der Waals surface area contributed by atoms with Crippen molar-refractivity contribution in [3.63, 3.8) is 0 Å². The van der Waals surface area contributed by atoms with Gasteiger partial charge in [-0.1, -0.05) is 0 Å². The van der Waals surface area contributed by atoms with Crippen LogP contribution in [-0.4, -0.2) is 26.1 Å². The summed E-state index contributed by atoms with van der Waals surface area (Å²) in [6.07, 6.45) is 3.42. The van der Waals surface area contributed by atoms with E-state index in [4.69, 9.17) is 5.73 Å². The van der Waals surface area contributed by atoms with Gasteiger partial charge in [0.25, 0.3) is 5.91 Å². The van der Waals surface area contributed by atoms with Crippen molar-refractivity contribution >= 4 is 11.7 Å². The summed E-state index contributed by atoms with van der Waals surface area (Å²) in [5.41, 5.74) is 5.21. The second kappa shape index (κ2) is 4.60. The van der Waals surface area contributed by atoms with Gasteiger partial charge in [-0.25, -0.2) is 4.98 Å². The standard InChI is InChI=1S/C10H12N6O/c1-6(10-12-4-5-13-10)14-8-3-2-7(9(11)17)15-16-8/h2-6H,1H3,(H2,11,17)(H,12,13)(H,14,16). The van der Waals surface area contributed by atoms with Gasteiger partial charge in [0.05, 0.1) is 6.04 Å². The normalized spacial score (nSPS) is 12.1. The maximum atomic E-state index is 10.8. The number of rotatable bonds is 4. The SMILES string of the molecule is CC(Nc1ccc(C(N)=O)nn1)c1ncc[nH]1. The Morgan fingerprint density at radius 3 is 2.82 bits per heavy atom. The first-order valence-corrected chi connectivity index (χ1v) is 5.06. The highest BCUT2D eigenvalue weighted by atomic mass is 16.1. The van der Waals surface area contributed by atoms with E-state index >= 15 is 0 Å². The molecule has 0 bridgehead atoms. The molecule has 2 rings (SSSR count). The highest BCUT2D eigenvalue weighted by Gasteiger charge is 2.09. The lowest BCUT2D eigenvalue weighted by atomic mass is 10.3. The van der Waals surface area contributed by atoms with Gasteiger partial charge in [-0.15, -0.1) is 10.2 Å². The van der Waals surface area contributed by atoms with Gasteiger partial charge in [0.15, 0.2) is 5.69 Å². The number of H-pyrrole nitrogens is 1. The van der Waals surface area contributed by atoms with Gasteiger partial charge in [0.2, 0.25) is 0 Å². The van der Waals surface area contributed by atoms with Crippen LogP contribution >= 0.6 is 0 Å². The molecule has 1 unspecified atom stereocenters. The smallest absolute Gasteiger partial charge is 0.269 e. The Morgan fingerprint density at radius 1 is 1.47 bits per heavy atom. The van der Waals surface area contributed by atoms with Crippen LogP contribution in [0.5, 0.6) is 0 Å². The minimum absolute atomic E-state index is 0.0290. The molecule has 1 atom stereocenters. The summed E-state index contributed by atoms with van der Waals surface area (Å²) in [7, 11) is 0. The Morgan fingerprint density at radius 2 is 2.29 bits per heavy atom. The molecule has 1 amide bonds. The first kappa shape index (κ1) is 11.1. The highest BCUT2D eigenvalue weighted by molar-refractivity contribution is 5.90. The third-order valence-corrected chi connectivity index (χ3v) is 2.21. The van der Waals surface area contributed by atoms with E-state index < -0.39 is 5.91 Å². The number of hydrogen-bond acceptors (Lipinski definition) is 5. The molecule has 0 aromatic carbocycles. The van der Waals surface area contributed by atoms with Gasteiger partial charge in [0.1, 0.15) is 11.6 Å². The number of carbonyl (C=O) groups is 1. The van der Waals surface area contributed by atoms with E-state index in [0.717, 1.165) is 5.82 Å². The van der Waals surface area contributed by atoms with Gasteiger partial charge in [0, 0.05) is 12.4 Å². The lowest BCUT2D eigenvalue weighted by Gasteiger charge is -2.11.